The Morgan fingerprint density at radius 3 is 2.18 bits per heavy atom. The lowest BCUT2D eigenvalue weighted by Crippen LogP contribution is -2.55. The Morgan fingerprint density at radius 2 is 1.68 bits per heavy atom. The number of carboxylic acids is 1. The number of amides is 2. The minimum Gasteiger partial charge on any atom is -0.480 e. The first-order valence-electron chi connectivity index (χ1n) is 9.14. The summed E-state index contributed by atoms with van der Waals surface area (Å²) in [5.41, 5.74) is 0.168. The molecule has 0 spiro atoms. The number of rotatable bonds is 9. The lowest BCUT2D eigenvalue weighted by atomic mass is 10.0. The lowest BCUT2D eigenvalue weighted by Gasteiger charge is -2.25. The second-order valence-electron chi connectivity index (χ2n) is 7.77. The number of carboxylic acid groups (broad SMARTS) is 1. The van der Waals surface area contributed by atoms with Crippen molar-refractivity contribution in [3.05, 3.63) is 35.9 Å². The molecule has 0 aliphatic heterocycles. The monoisotopic (exact) mass is 394 g/mol. The molecule has 0 aromatic heterocycles. The van der Waals surface area contributed by atoms with Gasteiger partial charge in [0.2, 0.25) is 5.91 Å². The molecule has 2 atom stereocenters. The summed E-state index contributed by atoms with van der Waals surface area (Å²) in [6.45, 7) is 8.58. The van der Waals surface area contributed by atoms with E-state index >= 15 is 0 Å². The molecule has 1 aromatic carbocycles. The second kappa shape index (κ2) is 10.7. The highest BCUT2D eigenvalue weighted by molar-refractivity contribution is 5.89. The van der Waals surface area contributed by atoms with Gasteiger partial charge in [-0.15, -0.1) is 0 Å². The van der Waals surface area contributed by atoms with Crippen molar-refractivity contribution in [3.63, 3.8) is 0 Å². The quantitative estimate of drug-likeness (QED) is 0.592. The summed E-state index contributed by atoms with van der Waals surface area (Å²) in [4.78, 5) is 36.0. The van der Waals surface area contributed by atoms with Gasteiger partial charge in [-0.2, -0.15) is 0 Å². The maximum atomic E-state index is 12.6. The normalized spacial score (nSPS) is 13.5. The summed E-state index contributed by atoms with van der Waals surface area (Å²) in [6.07, 6.45) is -0.785. The Kier molecular flexibility index (Phi) is 8.91. The van der Waals surface area contributed by atoms with Crippen LogP contribution in [0.3, 0.4) is 0 Å². The van der Waals surface area contributed by atoms with Crippen molar-refractivity contribution in [1.29, 1.82) is 0 Å². The third-order valence-corrected chi connectivity index (χ3v) is 3.63. The predicted octanol–water partition coefficient (Wildman–Crippen LogP) is 2.32. The van der Waals surface area contributed by atoms with Crippen LogP contribution >= 0.6 is 0 Å². The molecule has 0 bridgehead atoms. The van der Waals surface area contributed by atoms with Crippen LogP contribution in [0, 0.1) is 5.92 Å². The van der Waals surface area contributed by atoms with E-state index in [0.29, 0.717) is 0 Å². The highest BCUT2D eigenvalue weighted by Crippen LogP contribution is 2.08. The van der Waals surface area contributed by atoms with Crippen LogP contribution in [0.2, 0.25) is 0 Å². The van der Waals surface area contributed by atoms with Crippen molar-refractivity contribution in [2.45, 2.75) is 58.9 Å². The first-order valence-corrected chi connectivity index (χ1v) is 9.14. The predicted molar refractivity (Wildman–Crippen MR) is 104 cm³/mol. The van der Waals surface area contributed by atoms with Crippen LogP contribution < -0.4 is 10.6 Å². The highest BCUT2D eigenvalue weighted by atomic mass is 16.6. The maximum absolute atomic E-state index is 12.6. The van der Waals surface area contributed by atoms with Gasteiger partial charge in [-0.25, -0.2) is 9.59 Å². The molecule has 0 saturated carbocycles. The number of aliphatic carboxylic acids is 1. The van der Waals surface area contributed by atoms with E-state index in [1.807, 2.05) is 30.3 Å². The van der Waals surface area contributed by atoms with Crippen molar-refractivity contribution in [3.8, 4) is 0 Å². The molecule has 0 fully saturated rings. The van der Waals surface area contributed by atoms with Gasteiger partial charge >= 0.3 is 12.1 Å². The number of hydrogen-bond acceptors (Lipinski definition) is 5. The second-order valence-corrected chi connectivity index (χ2v) is 7.77. The van der Waals surface area contributed by atoms with Crippen molar-refractivity contribution < 1.29 is 29.0 Å². The highest BCUT2D eigenvalue weighted by Gasteiger charge is 2.29. The Bertz CT molecular complexity index is 654. The van der Waals surface area contributed by atoms with Crippen molar-refractivity contribution in [2.75, 3.05) is 6.61 Å². The average Bonchev–Trinajstić information content (AvgIpc) is 2.57. The van der Waals surface area contributed by atoms with Gasteiger partial charge in [0.15, 0.2) is 0 Å². The van der Waals surface area contributed by atoms with Gasteiger partial charge in [-0.05, 0) is 32.3 Å². The van der Waals surface area contributed by atoms with Crippen LogP contribution in [-0.2, 0) is 25.7 Å². The van der Waals surface area contributed by atoms with E-state index < -0.39 is 35.7 Å². The molecule has 0 radical (unpaired) electrons. The van der Waals surface area contributed by atoms with Crippen LogP contribution in [0.1, 0.15) is 40.2 Å². The molecule has 8 nitrogen and oxygen atoms in total. The summed E-state index contributed by atoms with van der Waals surface area (Å²) in [5, 5.41) is 14.2. The van der Waals surface area contributed by atoms with E-state index in [9.17, 15) is 19.5 Å². The van der Waals surface area contributed by atoms with Crippen LogP contribution in [0.5, 0.6) is 0 Å². The van der Waals surface area contributed by atoms with Gasteiger partial charge in [0.25, 0.3) is 0 Å². The fourth-order valence-electron chi connectivity index (χ4n) is 2.27. The van der Waals surface area contributed by atoms with Crippen molar-refractivity contribution in [1.82, 2.24) is 10.6 Å². The molecule has 0 aliphatic rings. The molecule has 3 N–H and O–H groups in total. The topological polar surface area (TPSA) is 114 Å². The fourth-order valence-corrected chi connectivity index (χ4v) is 2.27. The minimum absolute atomic E-state index is 0.135. The van der Waals surface area contributed by atoms with E-state index in [1.165, 1.54) is 0 Å². The number of nitrogens with one attached hydrogen (secondary N) is 2. The Hall–Kier alpha value is -2.61. The fraction of sp³-hybridized carbons (Fsp3) is 0.550. The van der Waals surface area contributed by atoms with Gasteiger partial charge < -0.3 is 25.2 Å². The molecular formula is C20H30N2O6. The van der Waals surface area contributed by atoms with Crippen LogP contribution in [0.15, 0.2) is 30.3 Å². The summed E-state index contributed by atoms with van der Waals surface area (Å²) >= 11 is 0. The van der Waals surface area contributed by atoms with Crippen LogP contribution in [-0.4, -0.2) is 47.4 Å². The third-order valence-electron chi connectivity index (χ3n) is 3.63. The zero-order valence-corrected chi connectivity index (χ0v) is 17.0. The number of benzene rings is 1. The number of carbonyl (C=O) groups is 3. The van der Waals surface area contributed by atoms with E-state index in [1.54, 1.807) is 34.6 Å². The van der Waals surface area contributed by atoms with Gasteiger partial charge in [0, 0.05) is 0 Å². The zero-order chi connectivity index (χ0) is 21.3. The molecule has 0 unspecified atom stereocenters. The molecule has 8 heteroatoms. The summed E-state index contributed by atoms with van der Waals surface area (Å²) in [5.74, 6) is -2.13. The smallest absolute Gasteiger partial charge is 0.408 e. The van der Waals surface area contributed by atoms with Gasteiger partial charge in [0.05, 0.1) is 13.2 Å². The molecule has 2 amide bonds. The minimum atomic E-state index is -1.15. The van der Waals surface area contributed by atoms with E-state index in [2.05, 4.69) is 10.6 Å². The molecule has 0 saturated heterocycles. The lowest BCUT2D eigenvalue weighted by molar-refractivity contribution is -0.143. The maximum Gasteiger partial charge on any atom is 0.408 e. The molecule has 0 heterocycles. The van der Waals surface area contributed by atoms with Crippen molar-refractivity contribution in [2.24, 2.45) is 5.92 Å². The zero-order valence-electron chi connectivity index (χ0n) is 17.0. The summed E-state index contributed by atoms with van der Waals surface area (Å²) in [6, 6.07) is 7.17. The molecule has 1 rings (SSSR count). The largest absolute Gasteiger partial charge is 0.480 e. The van der Waals surface area contributed by atoms with Crippen LogP contribution in [0.25, 0.3) is 0 Å². The van der Waals surface area contributed by atoms with Crippen LogP contribution in [0.4, 0.5) is 4.79 Å². The van der Waals surface area contributed by atoms with Gasteiger partial charge in [-0.3, -0.25) is 4.79 Å². The SMILES string of the molecule is CC(C)[C@H](NC(=O)[C@H](COCc1ccccc1)NC(=O)OC(C)(C)C)C(=O)O. The molecule has 28 heavy (non-hydrogen) atoms. The Balaban J connectivity index is 2.79. The first kappa shape index (κ1) is 23.4. The van der Waals surface area contributed by atoms with Gasteiger partial charge in [-0.1, -0.05) is 44.2 Å². The van der Waals surface area contributed by atoms with E-state index in [-0.39, 0.29) is 19.1 Å². The number of ether oxygens (including phenoxy) is 2. The average molecular weight is 394 g/mol. The third kappa shape index (κ3) is 8.85. The van der Waals surface area contributed by atoms with E-state index in [4.69, 9.17) is 9.47 Å². The number of hydrogen-bond donors (Lipinski definition) is 3. The Morgan fingerprint density at radius 1 is 1.07 bits per heavy atom. The van der Waals surface area contributed by atoms with Crippen molar-refractivity contribution >= 4 is 18.0 Å². The van der Waals surface area contributed by atoms with E-state index in [0.717, 1.165) is 5.56 Å². The molecule has 1 aromatic rings. The number of alkyl carbamates (subject to hydrolysis) is 1. The summed E-state index contributed by atoms with van der Waals surface area (Å²) < 4.78 is 10.7. The standard InChI is InChI=1S/C20H30N2O6/c1-13(2)16(18(24)25)22-17(23)15(21-19(26)28-20(3,4)5)12-27-11-14-9-7-6-8-10-14/h6-10,13,15-16H,11-12H2,1-5H3,(H,21,26)(H,22,23)(H,24,25)/t15-,16-/m0/s1. The van der Waals surface area contributed by atoms with Gasteiger partial charge in [0.1, 0.15) is 17.7 Å². The molecule has 0 aliphatic carbocycles. The number of carbonyl (C=O) groups excluding carboxylic acids is 2. The molecular weight excluding hydrogens is 364 g/mol. The Labute approximate surface area is 165 Å². The molecule has 156 valence electrons. The first-order chi connectivity index (χ1) is 13.0. The summed E-state index contributed by atoms with van der Waals surface area (Å²) in [7, 11) is 0.